The van der Waals surface area contributed by atoms with Crippen LogP contribution < -0.4 is 0 Å². The van der Waals surface area contributed by atoms with Crippen LogP contribution in [-0.2, 0) is 0 Å². The maximum atomic E-state index is 5.98. The second kappa shape index (κ2) is 5.71. The van der Waals surface area contributed by atoms with Crippen molar-refractivity contribution in [3.05, 3.63) is 0 Å². The van der Waals surface area contributed by atoms with Gasteiger partial charge in [0.25, 0.3) is 0 Å². The van der Waals surface area contributed by atoms with Gasteiger partial charge in [-0.1, -0.05) is 20.8 Å². The first kappa shape index (κ1) is 13.0. The topological polar surface area (TPSA) is 3.24 Å². The molecule has 0 aliphatic heterocycles. The summed E-state index contributed by atoms with van der Waals surface area (Å²) in [5.41, 5.74) is 0.164. The van der Waals surface area contributed by atoms with Gasteiger partial charge in [-0.2, -0.15) is 0 Å². The van der Waals surface area contributed by atoms with Crippen LogP contribution in [0.1, 0.15) is 27.2 Å². The average Bonchev–Trinajstić information content (AvgIpc) is 1.97. The van der Waals surface area contributed by atoms with Gasteiger partial charge in [-0.25, -0.2) is 0 Å². The number of nitrogens with zero attached hydrogens (tertiary/aromatic N) is 1. The summed E-state index contributed by atoms with van der Waals surface area (Å²) in [6.07, 6.45) is 0.921. The van der Waals surface area contributed by atoms with Crippen LogP contribution in [0.3, 0.4) is 0 Å². The minimum atomic E-state index is -2.55. The van der Waals surface area contributed by atoms with E-state index in [4.69, 9.17) is 33.2 Å². The summed E-state index contributed by atoms with van der Waals surface area (Å²) in [4.78, 5) is 2.22. The molecule has 0 radical (unpaired) electrons. The number of halogens is 3. The lowest BCUT2D eigenvalue weighted by Gasteiger charge is -2.32. The lowest BCUT2D eigenvalue weighted by Crippen LogP contribution is -2.46. The third kappa shape index (κ3) is 3.84. The first-order valence-electron chi connectivity index (χ1n) is 4.28. The van der Waals surface area contributed by atoms with E-state index >= 15 is 0 Å². The largest absolute Gasteiger partial charge is 0.357 e. The molecule has 0 aliphatic carbocycles. The quantitative estimate of drug-likeness (QED) is 0.533. The second-order valence-electron chi connectivity index (χ2n) is 2.69. The maximum absolute atomic E-state index is 5.98. The Balaban J connectivity index is 4.31. The summed E-state index contributed by atoms with van der Waals surface area (Å²) in [5.74, 6) is 0. The second-order valence-corrected chi connectivity index (χ2v) is 11.5. The van der Waals surface area contributed by atoms with Crippen LogP contribution >= 0.6 is 33.2 Å². The molecule has 0 amide bonds. The van der Waals surface area contributed by atoms with E-state index in [2.05, 4.69) is 25.7 Å². The highest BCUT2D eigenvalue weighted by Gasteiger charge is 2.38. The Hall–Kier alpha value is 1.05. The van der Waals surface area contributed by atoms with Crippen LogP contribution in [0.25, 0.3) is 0 Å². The Labute approximate surface area is 90.1 Å². The molecule has 0 saturated heterocycles. The fraction of sp³-hybridized carbons (Fsp3) is 1.00. The first-order chi connectivity index (χ1) is 5.47. The first-order valence-corrected chi connectivity index (χ1v) is 9.39. The molecule has 74 valence electrons. The van der Waals surface area contributed by atoms with E-state index in [9.17, 15) is 0 Å². The van der Waals surface area contributed by atoms with Gasteiger partial charge in [0, 0.05) is 5.67 Å². The van der Waals surface area contributed by atoms with Crippen molar-refractivity contribution >= 4 is 39.2 Å². The Morgan fingerprint density at radius 3 is 1.58 bits per heavy atom. The third-order valence-corrected chi connectivity index (χ3v) is 5.81. The van der Waals surface area contributed by atoms with E-state index in [1.807, 2.05) is 0 Å². The van der Waals surface area contributed by atoms with Gasteiger partial charge in [-0.05, 0) is 19.5 Å². The molecule has 0 saturated carbocycles. The molecule has 5 heteroatoms. The zero-order chi connectivity index (χ0) is 9.78. The van der Waals surface area contributed by atoms with Gasteiger partial charge in [-0.3, -0.25) is 4.90 Å². The van der Waals surface area contributed by atoms with Gasteiger partial charge in [0.1, 0.15) is 0 Å². The van der Waals surface area contributed by atoms with Crippen molar-refractivity contribution in [1.29, 1.82) is 0 Å². The number of hydrogen-bond acceptors (Lipinski definition) is 1. The summed E-state index contributed by atoms with van der Waals surface area (Å²) in [6, 6.07) is -2.55. The smallest absolute Gasteiger partial charge is 0.300 e. The molecule has 0 heterocycles. The minimum absolute atomic E-state index is 0.164. The third-order valence-electron chi connectivity index (χ3n) is 2.02. The summed E-state index contributed by atoms with van der Waals surface area (Å²) in [5, 5.41) is 0. The van der Waals surface area contributed by atoms with Gasteiger partial charge >= 0.3 is 6.00 Å². The van der Waals surface area contributed by atoms with Gasteiger partial charge in [0.2, 0.25) is 0 Å². The van der Waals surface area contributed by atoms with Crippen molar-refractivity contribution in [3.8, 4) is 0 Å². The minimum Gasteiger partial charge on any atom is -0.300 e. The molecular weight excluding hydrogens is 233 g/mol. The van der Waals surface area contributed by atoms with E-state index in [1.54, 1.807) is 0 Å². The number of rotatable bonds is 5. The van der Waals surface area contributed by atoms with Gasteiger partial charge < -0.3 is 0 Å². The molecule has 12 heavy (non-hydrogen) atoms. The highest BCUT2D eigenvalue weighted by Crippen LogP contribution is 2.29. The molecule has 0 rings (SSSR count). The predicted molar refractivity (Wildman–Crippen MR) is 60.3 cm³/mol. The molecule has 0 bridgehead atoms. The van der Waals surface area contributed by atoms with Gasteiger partial charge in [0.05, 0.1) is 0 Å². The van der Waals surface area contributed by atoms with E-state index in [0.29, 0.717) is 0 Å². The van der Waals surface area contributed by atoms with Gasteiger partial charge in [-0.15, -0.1) is 33.2 Å². The molecule has 1 atom stereocenters. The molecule has 0 aromatic carbocycles. The Bertz CT molecular complexity index is 122. The summed E-state index contributed by atoms with van der Waals surface area (Å²) in [6.45, 7) is 8.16. The molecular formula is C7H16Cl3NSi. The number of hydrogen-bond donors (Lipinski definition) is 0. The van der Waals surface area contributed by atoms with Crippen molar-refractivity contribution in [2.24, 2.45) is 0 Å². The lowest BCUT2D eigenvalue weighted by atomic mass is 10.4. The van der Waals surface area contributed by atoms with Crippen molar-refractivity contribution in [2.45, 2.75) is 32.9 Å². The standard InChI is InChI=1S/C7H16Cl3NSi/c1-4-7(12(8,9)10)11(5-2)6-3/h7H,4-6H2,1-3H3. The van der Waals surface area contributed by atoms with Crippen LogP contribution in [0.2, 0.25) is 0 Å². The highest BCUT2D eigenvalue weighted by atomic mass is 35.8. The molecule has 0 N–H and O–H groups in total. The monoisotopic (exact) mass is 247 g/mol. The summed E-state index contributed by atoms with van der Waals surface area (Å²) >= 11 is 17.9. The van der Waals surface area contributed by atoms with Crippen LogP contribution in [0.5, 0.6) is 0 Å². The molecule has 1 unspecified atom stereocenters. The SMILES string of the molecule is CCC(N(CC)CC)[Si](Cl)(Cl)Cl. The van der Waals surface area contributed by atoms with Crippen LogP contribution in [0.4, 0.5) is 0 Å². The van der Waals surface area contributed by atoms with Crippen molar-refractivity contribution in [3.63, 3.8) is 0 Å². The van der Waals surface area contributed by atoms with Crippen LogP contribution in [0.15, 0.2) is 0 Å². The molecule has 0 spiro atoms. The normalized spacial score (nSPS) is 15.2. The molecule has 0 aromatic rings. The van der Waals surface area contributed by atoms with Crippen molar-refractivity contribution < 1.29 is 0 Å². The van der Waals surface area contributed by atoms with Crippen LogP contribution in [-0.4, -0.2) is 29.7 Å². The van der Waals surface area contributed by atoms with E-state index in [0.717, 1.165) is 19.5 Å². The van der Waals surface area contributed by atoms with Crippen molar-refractivity contribution in [2.75, 3.05) is 13.1 Å². The van der Waals surface area contributed by atoms with Crippen LogP contribution in [0, 0.1) is 0 Å². The lowest BCUT2D eigenvalue weighted by molar-refractivity contribution is 0.270. The fourth-order valence-corrected chi connectivity index (χ4v) is 5.23. The van der Waals surface area contributed by atoms with Gasteiger partial charge in [0.15, 0.2) is 0 Å². The molecule has 1 nitrogen and oxygen atoms in total. The maximum Gasteiger partial charge on any atom is 0.357 e. The average molecular weight is 249 g/mol. The van der Waals surface area contributed by atoms with E-state index < -0.39 is 6.00 Å². The van der Waals surface area contributed by atoms with E-state index in [-0.39, 0.29) is 5.67 Å². The zero-order valence-electron chi connectivity index (χ0n) is 7.78. The summed E-state index contributed by atoms with van der Waals surface area (Å²) < 4.78 is 0. The molecule has 0 fully saturated rings. The molecule has 0 aromatic heterocycles. The zero-order valence-corrected chi connectivity index (χ0v) is 11.0. The predicted octanol–water partition coefficient (Wildman–Crippen LogP) is 3.30. The highest BCUT2D eigenvalue weighted by molar-refractivity contribution is 7.65. The Morgan fingerprint density at radius 1 is 1.08 bits per heavy atom. The van der Waals surface area contributed by atoms with Crippen molar-refractivity contribution in [1.82, 2.24) is 4.90 Å². The summed E-state index contributed by atoms with van der Waals surface area (Å²) in [7, 11) is 0. The Morgan fingerprint density at radius 2 is 1.50 bits per heavy atom. The Kier molecular flexibility index (Phi) is 6.21. The van der Waals surface area contributed by atoms with E-state index in [1.165, 1.54) is 0 Å². The molecule has 0 aliphatic rings. The fourth-order valence-electron chi connectivity index (χ4n) is 1.36.